The van der Waals surface area contributed by atoms with Crippen LogP contribution in [0.5, 0.6) is 0 Å². The Morgan fingerprint density at radius 2 is 1.74 bits per heavy atom. The predicted molar refractivity (Wildman–Crippen MR) is 81.1 cm³/mol. The van der Waals surface area contributed by atoms with E-state index in [-0.39, 0.29) is 11.9 Å². The Balaban J connectivity index is 2.11. The fourth-order valence-corrected chi connectivity index (χ4v) is 2.21. The first-order valence-electron chi connectivity index (χ1n) is 6.32. The number of hydrogen-bond donors (Lipinski definition) is 1. The summed E-state index contributed by atoms with van der Waals surface area (Å²) in [7, 11) is 0. The van der Waals surface area contributed by atoms with Gasteiger partial charge in [0.05, 0.1) is 6.04 Å². The van der Waals surface area contributed by atoms with Gasteiger partial charge in [0.2, 0.25) is 0 Å². The molecular weight excluding hydrogens is 302 g/mol. The van der Waals surface area contributed by atoms with E-state index in [0.717, 1.165) is 16.5 Å². The van der Waals surface area contributed by atoms with Crippen LogP contribution in [0, 0.1) is 0 Å². The quantitative estimate of drug-likeness (QED) is 0.893. The van der Waals surface area contributed by atoms with E-state index in [1.807, 2.05) is 54.6 Å². The summed E-state index contributed by atoms with van der Waals surface area (Å²) in [5.41, 5.74) is 1.81. The molecule has 1 unspecified atom stereocenters. The van der Waals surface area contributed by atoms with Gasteiger partial charge in [-0.1, -0.05) is 53.2 Å². The zero-order valence-corrected chi connectivity index (χ0v) is 12.4. The number of halogens is 1. The van der Waals surface area contributed by atoms with E-state index in [0.29, 0.717) is 5.56 Å². The van der Waals surface area contributed by atoms with Crippen LogP contribution in [0.15, 0.2) is 59.1 Å². The normalized spacial score (nSPS) is 11.9. The molecule has 2 aromatic rings. The average molecular weight is 318 g/mol. The lowest BCUT2D eigenvalue weighted by molar-refractivity contribution is 0.0935. The van der Waals surface area contributed by atoms with Crippen molar-refractivity contribution in [1.82, 2.24) is 5.32 Å². The Morgan fingerprint density at radius 1 is 1.11 bits per heavy atom. The summed E-state index contributed by atoms with van der Waals surface area (Å²) in [5.74, 6) is -0.0321. The Kier molecular flexibility index (Phi) is 4.74. The maximum Gasteiger partial charge on any atom is 0.251 e. The van der Waals surface area contributed by atoms with E-state index in [4.69, 9.17) is 0 Å². The maximum atomic E-state index is 12.1. The second-order valence-electron chi connectivity index (χ2n) is 4.35. The topological polar surface area (TPSA) is 29.1 Å². The van der Waals surface area contributed by atoms with E-state index in [9.17, 15) is 4.79 Å². The van der Waals surface area contributed by atoms with Crippen LogP contribution in [0.4, 0.5) is 0 Å². The first kappa shape index (κ1) is 13.8. The minimum Gasteiger partial charge on any atom is -0.345 e. The highest BCUT2D eigenvalue weighted by Crippen LogP contribution is 2.19. The van der Waals surface area contributed by atoms with Crippen LogP contribution < -0.4 is 5.32 Å². The highest BCUT2D eigenvalue weighted by atomic mass is 79.9. The maximum absolute atomic E-state index is 12.1. The lowest BCUT2D eigenvalue weighted by atomic mass is 10.0. The Hall–Kier alpha value is -1.61. The van der Waals surface area contributed by atoms with Gasteiger partial charge < -0.3 is 5.32 Å². The van der Waals surface area contributed by atoms with Gasteiger partial charge in [0.1, 0.15) is 0 Å². The minimum absolute atomic E-state index is 0.0321. The third-order valence-corrected chi connectivity index (χ3v) is 3.55. The van der Waals surface area contributed by atoms with Crippen molar-refractivity contribution in [3.05, 3.63) is 70.2 Å². The number of carbonyl (C=O) groups is 1. The van der Waals surface area contributed by atoms with Gasteiger partial charge in [0.15, 0.2) is 0 Å². The third kappa shape index (κ3) is 3.67. The second kappa shape index (κ2) is 6.53. The number of nitrogens with one attached hydrogen (secondary N) is 1. The van der Waals surface area contributed by atoms with Crippen LogP contribution in [0.2, 0.25) is 0 Å². The summed E-state index contributed by atoms with van der Waals surface area (Å²) in [6.45, 7) is 2.07. The van der Waals surface area contributed by atoms with Crippen LogP contribution in [-0.2, 0) is 0 Å². The van der Waals surface area contributed by atoms with E-state index in [1.54, 1.807) is 0 Å². The Labute approximate surface area is 122 Å². The largest absolute Gasteiger partial charge is 0.345 e. The van der Waals surface area contributed by atoms with Gasteiger partial charge in [0.25, 0.3) is 5.91 Å². The van der Waals surface area contributed by atoms with Gasteiger partial charge in [-0.05, 0) is 36.2 Å². The highest BCUT2D eigenvalue weighted by Gasteiger charge is 2.13. The standard InChI is InChI=1S/C16H16BrNO/c1-2-15(12-8-10-14(17)11-9-12)18-16(19)13-6-4-3-5-7-13/h3-11,15H,2H2,1H3,(H,18,19). The van der Waals surface area contributed by atoms with Gasteiger partial charge in [-0.2, -0.15) is 0 Å². The third-order valence-electron chi connectivity index (χ3n) is 3.02. The smallest absolute Gasteiger partial charge is 0.251 e. The molecule has 2 rings (SSSR count). The van der Waals surface area contributed by atoms with Crippen molar-refractivity contribution >= 4 is 21.8 Å². The van der Waals surface area contributed by atoms with Crippen molar-refractivity contribution in [1.29, 1.82) is 0 Å². The van der Waals surface area contributed by atoms with Crippen LogP contribution in [-0.4, -0.2) is 5.91 Å². The molecule has 0 fully saturated rings. The summed E-state index contributed by atoms with van der Waals surface area (Å²) in [6, 6.07) is 17.4. The van der Waals surface area contributed by atoms with Crippen molar-refractivity contribution < 1.29 is 4.79 Å². The SMILES string of the molecule is CCC(NC(=O)c1ccccc1)c1ccc(Br)cc1. The molecule has 0 spiro atoms. The molecule has 0 aliphatic rings. The molecule has 0 aliphatic carbocycles. The van der Waals surface area contributed by atoms with Crippen LogP contribution in [0.3, 0.4) is 0 Å². The number of carbonyl (C=O) groups excluding carboxylic acids is 1. The number of benzene rings is 2. The molecule has 1 atom stereocenters. The number of hydrogen-bond acceptors (Lipinski definition) is 1. The summed E-state index contributed by atoms with van der Waals surface area (Å²) >= 11 is 3.42. The van der Waals surface area contributed by atoms with Crippen molar-refractivity contribution in [2.45, 2.75) is 19.4 Å². The fraction of sp³-hybridized carbons (Fsp3) is 0.188. The summed E-state index contributed by atoms with van der Waals surface area (Å²) in [4.78, 5) is 12.1. The molecule has 0 saturated carbocycles. The van der Waals surface area contributed by atoms with Crippen LogP contribution in [0.1, 0.15) is 35.3 Å². The summed E-state index contributed by atoms with van der Waals surface area (Å²) in [6.07, 6.45) is 0.861. The molecule has 0 radical (unpaired) electrons. The molecule has 1 amide bonds. The zero-order valence-electron chi connectivity index (χ0n) is 10.8. The van der Waals surface area contributed by atoms with Crippen LogP contribution >= 0.6 is 15.9 Å². The monoisotopic (exact) mass is 317 g/mol. The molecule has 0 aliphatic heterocycles. The molecule has 0 bridgehead atoms. The average Bonchev–Trinajstić information content (AvgIpc) is 2.46. The molecule has 3 heteroatoms. The molecule has 2 aromatic carbocycles. The summed E-state index contributed by atoms with van der Waals surface area (Å²) in [5, 5.41) is 3.06. The van der Waals surface area contributed by atoms with Gasteiger partial charge in [-0.3, -0.25) is 4.79 Å². The molecule has 2 nitrogen and oxygen atoms in total. The molecular formula is C16H16BrNO. The molecule has 0 aromatic heterocycles. The fourth-order valence-electron chi connectivity index (χ4n) is 1.95. The second-order valence-corrected chi connectivity index (χ2v) is 5.27. The van der Waals surface area contributed by atoms with Gasteiger partial charge in [-0.25, -0.2) is 0 Å². The highest BCUT2D eigenvalue weighted by molar-refractivity contribution is 9.10. The van der Waals surface area contributed by atoms with Crippen molar-refractivity contribution in [3.8, 4) is 0 Å². The molecule has 0 heterocycles. The lowest BCUT2D eigenvalue weighted by Gasteiger charge is -2.17. The number of amides is 1. The van der Waals surface area contributed by atoms with E-state index < -0.39 is 0 Å². The van der Waals surface area contributed by atoms with Crippen molar-refractivity contribution in [2.24, 2.45) is 0 Å². The lowest BCUT2D eigenvalue weighted by Crippen LogP contribution is -2.28. The Bertz CT molecular complexity index is 536. The first-order valence-corrected chi connectivity index (χ1v) is 7.11. The van der Waals surface area contributed by atoms with Gasteiger partial charge in [-0.15, -0.1) is 0 Å². The first-order chi connectivity index (χ1) is 9.20. The molecule has 98 valence electrons. The Morgan fingerprint density at radius 3 is 2.32 bits per heavy atom. The van der Waals surface area contributed by atoms with E-state index in [1.165, 1.54) is 0 Å². The van der Waals surface area contributed by atoms with E-state index >= 15 is 0 Å². The number of rotatable bonds is 4. The molecule has 1 N–H and O–H groups in total. The summed E-state index contributed by atoms with van der Waals surface area (Å²) < 4.78 is 1.04. The van der Waals surface area contributed by atoms with Crippen LogP contribution in [0.25, 0.3) is 0 Å². The molecule has 0 saturated heterocycles. The van der Waals surface area contributed by atoms with Gasteiger partial charge in [0, 0.05) is 10.0 Å². The van der Waals surface area contributed by atoms with Crippen molar-refractivity contribution in [2.75, 3.05) is 0 Å². The molecule has 19 heavy (non-hydrogen) atoms. The zero-order chi connectivity index (χ0) is 13.7. The van der Waals surface area contributed by atoms with Crippen molar-refractivity contribution in [3.63, 3.8) is 0 Å². The van der Waals surface area contributed by atoms with Gasteiger partial charge >= 0.3 is 0 Å². The predicted octanol–water partition coefficient (Wildman–Crippen LogP) is 4.33. The van der Waals surface area contributed by atoms with E-state index in [2.05, 4.69) is 28.2 Å². The minimum atomic E-state index is -0.0321.